The number of aryl methyl sites for hydroxylation is 1. The van der Waals surface area contributed by atoms with Gasteiger partial charge in [-0.15, -0.1) is 24.0 Å². The first-order chi connectivity index (χ1) is 13.2. The van der Waals surface area contributed by atoms with E-state index in [1.807, 2.05) is 38.2 Å². The third kappa shape index (κ3) is 7.06. The lowest BCUT2D eigenvalue weighted by Crippen LogP contribution is -2.52. The summed E-state index contributed by atoms with van der Waals surface area (Å²) in [5, 5.41) is 7.48. The fourth-order valence-electron chi connectivity index (χ4n) is 3.17. The number of halogens is 1. The highest BCUT2D eigenvalue weighted by atomic mass is 127. The van der Waals surface area contributed by atoms with Crippen LogP contribution in [0.4, 0.5) is 0 Å². The molecule has 0 bridgehead atoms. The lowest BCUT2D eigenvalue weighted by Gasteiger charge is -2.36. The number of nitrogens with zero attached hydrogens (tertiary/aromatic N) is 4. The van der Waals surface area contributed by atoms with Gasteiger partial charge in [-0.3, -0.25) is 9.89 Å². The van der Waals surface area contributed by atoms with Crippen molar-refractivity contribution in [3.05, 3.63) is 53.4 Å². The second kappa shape index (κ2) is 12.0. The molecule has 2 heterocycles. The molecular weight excluding hydrogens is 469 g/mol. The summed E-state index contributed by atoms with van der Waals surface area (Å²) >= 11 is 0. The number of aromatic nitrogens is 1. The van der Waals surface area contributed by atoms with Crippen molar-refractivity contribution in [3.8, 4) is 0 Å². The molecule has 154 valence electrons. The molecule has 1 aliphatic heterocycles. The van der Waals surface area contributed by atoms with Crippen molar-refractivity contribution >= 4 is 29.9 Å². The second-order valence-electron chi connectivity index (χ2n) is 6.70. The van der Waals surface area contributed by atoms with Gasteiger partial charge in [0.2, 0.25) is 0 Å². The van der Waals surface area contributed by atoms with Crippen LogP contribution in [0, 0.1) is 6.92 Å². The monoisotopic (exact) mass is 499 g/mol. The van der Waals surface area contributed by atoms with E-state index in [1.165, 1.54) is 5.56 Å². The molecule has 0 amide bonds. The molecule has 3 rings (SSSR count). The lowest BCUT2D eigenvalue weighted by atomic mass is 10.2. The van der Waals surface area contributed by atoms with Gasteiger partial charge in [-0.1, -0.05) is 35.5 Å². The Bertz CT molecular complexity index is 714. The van der Waals surface area contributed by atoms with Gasteiger partial charge in [0.1, 0.15) is 5.76 Å². The number of hydrogen-bond donors (Lipinski definition) is 1. The Morgan fingerprint density at radius 2 is 1.96 bits per heavy atom. The SMILES string of the molecule is CN=C(NCCOCc1ccccc1)N1CCN(Cc2cc(C)on2)CC1.I. The third-order valence-corrected chi connectivity index (χ3v) is 4.59. The van der Waals surface area contributed by atoms with Gasteiger partial charge < -0.3 is 19.5 Å². The van der Waals surface area contributed by atoms with Gasteiger partial charge in [-0.2, -0.15) is 0 Å². The minimum absolute atomic E-state index is 0. The van der Waals surface area contributed by atoms with E-state index >= 15 is 0 Å². The molecule has 0 radical (unpaired) electrons. The van der Waals surface area contributed by atoms with Crippen molar-refractivity contribution in [1.82, 2.24) is 20.3 Å². The molecule has 1 aromatic carbocycles. The average Bonchev–Trinajstić information content (AvgIpc) is 3.11. The molecule has 7 nitrogen and oxygen atoms in total. The van der Waals surface area contributed by atoms with E-state index in [1.54, 1.807) is 0 Å². The second-order valence-corrected chi connectivity index (χ2v) is 6.70. The van der Waals surface area contributed by atoms with Gasteiger partial charge in [-0.25, -0.2) is 0 Å². The lowest BCUT2D eigenvalue weighted by molar-refractivity contribution is 0.124. The third-order valence-electron chi connectivity index (χ3n) is 4.59. The van der Waals surface area contributed by atoms with Crippen LogP contribution in [0.2, 0.25) is 0 Å². The smallest absolute Gasteiger partial charge is 0.193 e. The maximum absolute atomic E-state index is 5.73. The Hall–Kier alpha value is -1.65. The fraction of sp³-hybridized carbons (Fsp3) is 0.500. The molecule has 1 N–H and O–H groups in total. The van der Waals surface area contributed by atoms with E-state index in [0.29, 0.717) is 13.2 Å². The number of hydrogen-bond acceptors (Lipinski definition) is 5. The maximum Gasteiger partial charge on any atom is 0.193 e. The molecule has 8 heteroatoms. The molecule has 0 spiro atoms. The van der Waals surface area contributed by atoms with E-state index in [9.17, 15) is 0 Å². The van der Waals surface area contributed by atoms with Gasteiger partial charge in [0.05, 0.1) is 18.9 Å². The number of piperazine rings is 1. The molecule has 1 fully saturated rings. The van der Waals surface area contributed by atoms with Crippen LogP contribution in [0.3, 0.4) is 0 Å². The molecule has 1 aliphatic rings. The summed E-state index contributed by atoms with van der Waals surface area (Å²) in [5.74, 6) is 1.80. The van der Waals surface area contributed by atoms with Crippen LogP contribution < -0.4 is 5.32 Å². The number of benzene rings is 1. The highest BCUT2D eigenvalue weighted by Crippen LogP contribution is 2.09. The quantitative estimate of drug-likeness (QED) is 0.274. The summed E-state index contributed by atoms with van der Waals surface area (Å²) in [6.45, 7) is 8.66. The first kappa shape index (κ1) is 22.6. The van der Waals surface area contributed by atoms with Crippen molar-refractivity contribution in [1.29, 1.82) is 0 Å². The van der Waals surface area contributed by atoms with E-state index < -0.39 is 0 Å². The molecule has 0 aliphatic carbocycles. The van der Waals surface area contributed by atoms with E-state index in [4.69, 9.17) is 9.26 Å². The predicted molar refractivity (Wildman–Crippen MR) is 121 cm³/mol. The molecule has 0 saturated carbocycles. The van der Waals surface area contributed by atoms with Gasteiger partial charge in [0, 0.05) is 52.4 Å². The van der Waals surface area contributed by atoms with Crippen LogP contribution in [0.25, 0.3) is 0 Å². The van der Waals surface area contributed by atoms with Crippen LogP contribution in [0.15, 0.2) is 45.9 Å². The Morgan fingerprint density at radius 1 is 1.21 bits per heavy atom. The first-order valence-corrected chi connectivity index (χ1v) is 9.46. The standard InChI is InChI=1S/C20H29N5O2.HI/c1-17-14-19(23-27-17)15-24-9-11-25(12-10-24)20(21-2)22-8-13-26-16-18-6-4-3-5-7-18;/h3-7,14H,8-13,15-16H2,1-2H3,(H,21,22);1H. The number of guanidine groups is 1. The molecular formula is C20H30IN5O2. The summed E-state index contributed by atoms with van der Waals surface area (Å²) < 4.78 is 10.9. The van der Waals surface area contributed by atoms with Gasteiger partial charge in [0.25, 0.3) is 0 Å². The summed E-state index contributed by atoms with van der Waals surface area (Å²) in [5.41, 5.74) is 2.19. The fourth-order valence-corrected chi connectivity index (χ4v) is 3.17. The number of rotatable bonds is 7. The largest absolute Gasteiger partial charge is 0.375 e. The zero-order valence-corrected chi connectivity index (χ0v) is 19.0. The number of ether oxygens (including phenoxy) is 1. The Kier molecular flexibility index (Phi) is 9.72. The summed E-state index contributed by atoms with van der Waals surface area (Å²) in [7, 11) is 1.83. The zero-order valence-electron chi connectivity index (χ0n) is 16.6. The summed E-state index contributed by atoms with van der Waals surface area (Å²) in [4.78, 5) is 9.10. The predicted octanol–water partition coefficient (Wildman–Crippen LogP) is 2.51. The minimum atomic E-state index is 0. The zero-order chi connectivity index (χ0) is 18.9. The van der Waals surface area contributed by atoms with Gasteiger partial charge in [-0.05, 0) is 12.5 Å². The molecule has 1 saturated heterocycles. The Balaban J connectivity index is 0.00000280. The highest BCUT2D eigenvalue weighted by molar-refractivity contribution is 14.0. The molecule has 0 atom stereocenters. The van der Waals surface area contributed by atoms with Crippen molar-refractivity contribution in [2.75, 3.05) is 46.4 Å². The normalized spacial score (nSPS) is 15.4. The van der Waals surface area contributed by atoms with Crippen LogP contribution in [0.5, 0.6) is 0 Å². The molecule has 0 unspecified atom stereocenters. The highest BCUT2D eigenvalue weighted by Gasteiger charge is 2.20. The molecule has 28 heavy (non-hydrogen) atoms. The first-order valence-electron chi connectivity index (χ1n) is 9.46. The van der Waals surface area contributed by atoms with Crippen molar-refractivity contribution in [2.45, 2.75) is 20.1 Å². The van der Waals surface area contributed by atoms with Crippen LogP contribution >= 0.6 is 24.0 Å². The Labute approximate surface area is 184 Å². The minimum Gasteiger partial charge on any atom is -0.375 e. The maximum atomic E-state index is 5.73. The van der Waals surface area contributed by atoms with E-state index in [0.717, 1.165) is 56.7 Å². The molecule has 1 aromatic heterocycles. The van der Waals surface area contributed by atoms with Crippen LogP contribution in [0.1, 0.15) is 17.0 Å². The Morgan fingerprint density at radius 3 is 2.61 bits per heavy atom. The topological polar surface area (TPSA) is 66.1 Å². The average molecular weight is 499 g/mol. The molecule has 2 aromatic rings. The van der Waals surface area contributed by atoms with Gasteiger partial charge >= 0.3 is 0 Å². The van der Waals surface area contributed by atoms with Gasteiger partial charge in [0.15, 0.2) is 5.96 Å². The van der Waals surface area contributed by atoms with Crippen molar-refractivity contribution < 1.29 is 9.26 Å². The summed E-state index contributed by atoms with van der Waals surface area (Å²) in [6.07, 6.45) is 0. The summed E-state index contributed by atoms with van der Waals surface area (Å²) in [6, 6.07) is 12.2. The van der Waals surface area contributed by atoms with Crippen LogP contribution in [-0.2, 0) is 17.9 Å². The van der Waals surface area contributed by atoms with Crippen LogP contribution in [-0.4, -0.2) is 67.3 Å². The number of aliphatic imine (C=N–C) groups is 1. The van der Waals surface area contributed by atoms with E-state index in [-0.39, 0.29) is 24.0 Å². The van der Waals surface area contributed by atoms with Crippen molar-refractivity contribution in [3.63, 3.8) is 0 Å². The number of nitrogens with one attached hydrogen (secondary N) is 1. The van der Waals surface area contributed by atoms with E-state index in [2.05, 4.69) is 37.4 Å². The van der Waals surface area contributed by atoms with Crippen molar-refractivity contribution in [2.24, 2.45) is 4.99 Å².